The van der Waals surface area contributed by atoms with Crippen LogP contribution < -0.4 is 5.56 Å². The summed E-state index contributed by atoms with van der Waals surface area (Å²) < 4.78 is 24.0. The topological polar surface area (TPSA) is 53.1 Å². The first-order valence-electron chi connectivity index (χ1n) is 3.23. The highest BCUT2D eigenvalue weighted by Crippen LogP contribution is 2.20. The van der Waals surface area contributed by atoms with Gasteiger partial charge >= 0.3 is 0 Å². The molecule has 0 spiro atoms. The molecule has 0 amide bonds. The first-order chi connectivity index (χ1) is 5.52. The van der Waals surface area contributed by atoms with Crippen molar-refractivity contribution in [3.63, 3.8) is 0 Å². The van der Waals surface area contributed by atoms with Crippen LogP contribution in [-0.2, 0) is 0 Å². The van der Waals surface area contributed by atoms with E-state index in [9.17, 15) is 13.6 Å². The van der Waals surface area contributed by atoms with Crippen LogP contribution in [0.4, 0.5) is 8.78 Å². The lowest BCUT2D eigenvalue weighted by Gasteiger charge is -2.01. The van der Waals surface area contributed by atoms with Crippen molar-refractivity contribution in [1.29, 1.82) is 0 Å². The number of alkyl halides is 2. The third-order valence-corrected chi connectivity index (χ3v) is 1.51. The van der Waals surface area contributed by atoms with Gasteiger partial charge in [0.25, 0.3) is 12.0 Å². The van der Waals surface area contributed by atoms with Crippen LogP contribution in [0.1, 0.15) is 17.7 Å². The molecule has 66 valence electrons. The van der Waals surface area contributed by atoms with Crippen molar-refractivity contribution < 1.29 is 13.9 Å². The fourth-order valence-corrected chi connectivity index (χ4v) is 0.750. The van der Waals surface area contributed by atoms with E-state index in [1.165, 1.54) is 6.92 Å². The van der Waals surface area contributed by atoms with Crippen LogP contribution in [0.25, 0.3) is 0 Å². The molecule has 1 aromatic heterocycles. The minimum absolute atomic E-state index is 0.0411. The summed E-state index contributed by atoms with van der Waals surface area (Å²) in [6, 6.07) is 0.849. The van der Waals surface area contributed by atoms with Gasteiger partial charge in [-0.15, -0.1) is 0 Å². The Hall–Kier alpha value is -1.39. The number of halogens is 2. The van der Waals surface area contributed by atoms with E-state index in [1.807, 2.05) is 4.98 Å². The van der Waals surface area contributed by atoms with Gasteiger partial charge in [0.1, 0.15) is 5.75 Å². The Morgan fingerprint density at radius 2 is 2.17 bits per heavy atom. The third kappa shape index (κ3) is 1.44. The number of hydrogen-bond donors (Lipinski definition) is 2. The number of nitrogens with one attached hydrogen (secondary N) is 1. The minimum Gasteiger partial charge on any atom is -0.507 e. The zero-order chi connectivity index (χ0) is 9.30. The van der Waals surface area contributed by atoms with Crippen molar-refractivity contribution in [2.24, 2.45) is 0 Å². The first-order valence-corrected chi connectivity index (χ1v) is 3.23. The molecule has 1 heterocycles. The number of pyridine rings is 1. The van der Waals surface area contributed by atoms with Crippen LogP contribution in [0.15, 0.2) is 10.9 Å². The van der Waals surface area contributed by atoms with Gasteiger partial charge in [0.05, 0.1) is 11.3 Å². The highest BCUT2D eigenvalue weighted by molar-refractivity contribution is 5.30. The molecule has 0 radical (unpaired) electrons. The predicted molar refractivity (Wildman–Crippen MR) is 38.4 cm³/mol. The van der Waals surface area contributed by atoms with Gasteiger partial charge in [0, 0.05) is 6.07 Å². The smallest absolute Gasteiger partial charge is 0.278 e. The van der Waals surface area contributed by atoms with Gasteiger partial charge in [0.2, 0.25) is 0 Å². The number of aromatic nitrogens is 1. The Bertz CT molecular complexity index is 346. The van der Waals surface area contributed by atoms with E-state index in [0.717, 1.165) is 6.07 Å². The predicted octanol–water partition coefficient (Wildman–Crippen LogP) is 1.33. The van der Waals surface area contributed by atoms with Crippen molar-refractivity contribution in [2.75, 3.05) is 0 Å². The summed E-state index contributed by atoms with van der Waals surface area (Å²) in [5.41, 5.74) is -1.21. The Morgan fingerprint density at radius 3 is 2.58 bits per heavy atom. The van der Waals surface area contributed by atoms with Crippen LogP contribution in [0.5, 0.6) is 5.75 Å². The molecule has 0 fully saturated rings. The normalized spacial score (nSPS) is 10.7. The molecule has 0 aliphatic carbocycles. The average molecular weight is 175 g/mol. The summed E-state index contributed by atoms with van der Waals surface area (Å²) in [4.78, 5) is 12.8. The van der Waals surface area contributed by atoms with Gasteiger partial charge in [-0.05, 0) is 6.92 Å². The molecule has 1 rings (SSSR count). The second kappa shape index (κ2) is 2.92. The molecular weight excluding hydrogens is 168 g/mol. The van der Waals surface area contributed by atoms with E-state index in [0.29, 0.717) is 0 Å². The number of rotatable bonds is 1. The fraction of sp³-hybridized carbons (Fsp3) is 0.286. The average Bonchev–Trinajstić information content (AvgIpc) is 1.99. The molecule has 2 N–H and O–H groups in total. The maximum Gasteiger partial charge on any atom is 0.278 e. The molecule has 0 aliphatic rings. The summed E-state index contributed by atoms with van der Waals surface area (Å²) in [6.45, 7) is 1.35. The Kier molecular flexibility index (Phi) is 2.12. The fourth-order valence-electron chi connectivity index (χ4n) is 0.750. The summed E-state index contributed by atoms with van der Waals surface area (Å²) in [5, 5.41) is 8.98. The van der Waals surface area contributed by atoms with Crippen molar-refractivity contribution in [3.8, 4) is 5.75 Å². The summed E-state index contributed by atoms with van der Waals surface area (Å²) in [6.07, 6.45) is -2.77. The van der Waals surface area contributed by atoms with Gasteiger partial charge in [-0.25, -0.2) is 8.78 Å². The zero-order valence-electron chi connectivity index (χ0n) is 6.27. The summed E-state index contributed by atoms with van der Waals surface area (Å²) >= 11 is 0. The molecule has 0 saturated heterocycles. The van der Waals surface area contributed by atoms with E-state index < -0.39 is 23.4 Å². The highest BCUT2D eigenvalue weighted by Gasteiger charge is 2.11. The molecule has 0 bridgehead atoms. The second-order valence-corrected chi connectivity index (χ2v) is 2.36. The highest BCUT2D eigenvalue weighted by atomic mass is 19.3. The summed E-state index contributed by atoms with van der Waals surface area (Å²) in [7, 11) is 0. The molecule has 12 heavy (non-hydrogen) atoms. The van der Waals surface area contributed by atoms with Gasteiger partial charge in [-0.3, -0.25) is 4.79 Å². The maximum atomic E-state index is 12.0. The lowest BCUT2D eigenvalue weighted by molar-refractivity contribution is 0.145. The molecule has 5 heteroatoms. The number of aromatic amines is 1. The third-order valence-electron chi connectivity index (χ3n) is 1.51. The minimum atomic E-state index is -2.77. The second-order valence-electron chi connectivity index (χ2n) is 2.36. The standard InChI is InChI=1S/C7H7F2NO2/c1-3-5(11)2-4(6(8)9)10-7(3)12/h2,6H,1H3,(H2,10,11,12). The molecule has 3 nitrogen and oxygen atoms in total. The van der Waals surface area contributed by atoms with Gasteiger partial charge < -0.3 is 10.1 Å². The lowest BCUT2D eigenvalue weighted by Crippen LogP contribution is -2.11. The Balaban J connectivity index is 3.31. The van der Waals surface area contributed by atoms with Crippen LogP contribution in [-0.4, -0.2) is 10.1 Å². The molecular formula is C7H7F2NO2. The number of aromatic hydroxyl groups is 1. The first kappa shape index (κ1) is 8.70. The molecule has 0 atom stereocenters. The largest absolute Gasteiger partial charge is 0.507 e. The lowest BCUT2D eigenvalue weighted by atomic mass is 10.2. The van der Waals surface area contributed by atoms with Gasteiger partial charge in [0.15, 0.2) is 0 Å². The van der Waals surface area contributed by atoms with Crippen LogP contribution >= 0.6 is 0 Å². The SMILES string of the molecule is Cc1c(O)cc(C(F)F)[nH]c1=O. The monoisotopic (exact) mass is 175 g/mol. The quantitative estimate of drug-likeness (QED) is 0.676. The Labute approximate surface area is 66.7 Å². The molecule has 0 unspecified atom stereocenters. The van der Waals surface area contributed by atoms with E-state index >= 15 is 0 Å². The van der Waals surface area contributed by atoms with Gasteiger partial charge in [-0.2, -0.15) is 0 Å². The van der Waals surface area contributed by atoms with E-state index in [2.05, 4.69) is 0 Å². The van der Waals surface area contributed by atoms with Gasteiger partial charge in [-0.1, -0.05) is 0 Å². The molecule has 0 aliphatic heterocycles. The summed E-state index contributed by atoms with van der Waals surface area (Å²) in [5.74, 6) is -0.408. The van der Waals surface area contributed by atoms with Crippen molar-refractivity contribution >= 4 is 0 Å². The van der Waals surface area contributed by atoms with Crippen molar-refractivity contribution in [2.45, 2.75) is 13.3 Å². The number of H-pyrrole nitrogens is 1. The van der Waals surface area contributed by atoms with E-state index in [-0.39, 0.29) is 5.56 Å². The number of hydrogen-bond acceptors (Lipinski definition) is 2. The molecule has 1 aromatic rings. The Morgan fingerprint density at radius 1 is 1.58 bits per heavy atom. The molecule has 0 aromatic carbocycles. The van der Waals surface area contributed by atoms with Crippen LogP contribution in [0, 0.1) is 6.92 Å². The van der Waals surface area contributed by atoms with Crippen molar-refractivity contribution in [3.05, 3.63) is 27.7 Å². The van der Waals surface area contributed by atoms with E-state index in [1.54, 1.807) is 0 Å². The van der Waals surface area contributed by atoms with Crippen LogP contribution in [0.2, 0.25) is 0 Å². The zero-order valence-corrected chi connectivity index (χ0v) is 6.27. The van der Waals surface area contributed by atoms with E-state index in [4.69, 9.17) is 5.11 Å². The molecule has 0 saturated carbocycles. The maximum absolute atomic E-state index is 12.0. The van der Waals surface area contributed by atoms with Crippen molar-refractivity contribution in [1.82, 2.24) is 4.98 Å². The van der Waals surface area contributed by atoms with Crippen LogP contribution in [0.3, 0.4) is 0 Å².